The summed E-state index contributed by atoms with van der Waals surface area (Å²) in [4.78, 5) is 16.7. The molecule has 1 aliphatic heterocycles. The fraction of sp³-hybridized carbons (Fsp3) is 0.667. The first kappa shape index (κ1) is 26.9. The highest BCUT2D eigenvalue weighted by molar-refractivity contribution is 14.0. The lowest BCUT2D eigenvalue weighted by Crippen LogP contribution is -2.39. The Balaban J connectivity index is 0.00000363. The molecule has 1 aromatic carbocycles. The summed E-state index contributed by atoms with van der Waals surface area (Å²) >= 11 is 0. The number of hydrogen-bond acceptors (Lipinski definition) is 4. The maximum absolute atomic E-state index is 12.4. The van der Waals surface area contributed by atoms with Crippen molar-refractivity contribution in [2.45, 2.75) is 70.1 Å². The van der Waals surface area contributed by atoms with Crippen LogP contribution in [-0.4, -0.2) is 57.4 Å². The van der Waals surface area contributed by atoms with Gasteiger partial charge in [-0.25, -0.2) is 0 Å². The Bertz CT molecular complexity index is 702. The molecular formula is C24H39IN4O3. The van der Waals surface area contributed by atoms with Gasteiger partial charge in [-0.1, -0.05) is 37.8 Å². The Morgan fingerprint density at radius 1 is 1.09 bits per heavy atom. The fourth-order valence-electron chi connectivity index (χ4n) is 4.15. The lowest BCUT2D eigenvalue weighted by atomic mass is 10.1. The van der Waals surface area contributed by atoms with Crippen LogP contribution in [0.25, 0.3) is 0 Å². The van der Waals surface area contributed by atoms with Crippen molar-refractivity contribution in [3.8, 4) is 0 Å². The van der Waals surface area contributed by atoms with E-state index in [0.29, 0.717) is 31.4 Å². The molecule has 1 saturated heterocycles. The first-order valence-corrected chi connectivity index (χ1v) is 11.8. The molecule has 0 aromatic heterocycles. The highest BCUT2D eigenvalue weighted by atomic mass is 127. The highest BCUT2D eigenvalue weighted by Crippen LogP contribution is 2.19. The van der Waals surface area contributed by atoms with Crippen LogP contribution >= 0.6 is 24.0 Å². The third kappa shape index (κ3) is 9.62. The molecule has 2 aliphatic rings. The van der Waals surface area contributed by atoms with Crippen LogP contribution in [0.3, 0.4) is 0 Å². The number of rotatable bonds is 9. The second-order valence-electron chi connectivity index (χ2n) is 8.38. The third-order valence-electron chi connectivity index (χ3n) is 5.94. The number of aliphatic imine (C=N–C) groups is 1. The van der Waals surface area contributed by atoms with Crippen LogP contribution in [0.15, 0.2) is 29.3 Å². The highest BCUT2D eigenvalue weighted by Gasteiger charge is 2.17. The second kappa shape index (κ2) is 15.4. The topological polar surface area (TPSA) is 84.0 Å². The summed E-state index contributed by atoms with van der Waals surface area (Å²) < 4.78 is 11.6. The van der Waals surface area contributed by atoms with Gasteiger partial charge in [-0.3, -0.25) is 9.79 Å². The molecule has 180 valence electrons. The van der Waals surface area contributed by atoms with Crippen LogP contribution in [0.1, 0.15) is 67.3 Å². The molecule has 1 amide bonds. The number of amides is 1. The number of halogens is 1. The van der Waals surface area contributed by atoms with Gasteiger partial charge in [-0.2, -0.15) is 0 Å². The van der Waals surface area contributed by atoms with E-state index in [2.05, 4.69) is 20.9 Å². The van der Waals surface area contributed by atoms with E-state index in [1.165, 1.54) is 38.5 Å². The number of guanidine groups is 1. The van der Waals surface area contributed by atoms with Crippen LogP contribution in [-0.2, 0) is 16.0 Å². The van der Waals surface area contributed by atoms with Gasteiger partial charge in [0.2, 0.25) is 0 Å². The Labute approximate surface area is 209 Å². The van der Waals surface area contributed by atoms with Crippen LogP contribution in [0, 0.1) is 0 Å². The first-order chi connectivity index (χ1) is 15.2. The van der Waals surface area contributed by atoms with E-state index in [4.69, 9.17) is 9.47 Å². The number of nitrogens with one attached hydrogen (secondary N) is 3. The molecule has 1 saturated carbocycles. The van der Waals surface area contributed by atoms with E-state index in [1.807, 2.05) is 24.3 Å². The van der Waals surface area contributed by atoms with Gasteiger partial charge < -0.3 is 25.4 Å². The molecule has 0 spiro atoms. The van der Waals surface area contributed by atoms with Crippen LogP contribution in [0.4, 0.5) is 0 Å². The van der Waals surface area contributed by atoms with Crippen LogP contribution < -0.4 is 16.0 Å². The minimum atomic E-state index is -0.0597. The van der Waals surface area contributed by atoms with Gasteiger partial charge in [-0.15, -0.1) is 24.0 Å². The molecule has 2 fully saturated rings. The lowest BCUT2D eigenvalue weighted by Gasteiger charge is -2.17. The largest absolute Gasteiger partial charge is 0.376 e. The summed E-state index contributed by atoms with van der Waals surface area (Å²) in [6, 6.07) is 7.67. The average molecular weight is 559 g/mol. The summed E-state index contributed by atoms with van der Waals surface area (Å²) in [5, 5.41) is 9.59. The lowest BCUT2D eigenvalue weighted by molar-refractivity contribution is 0.0468. The zero-order valence-corrected chi connectivity index (χ0v) is 21.6. The average Bonchev–Trinajstić information content (AvgIpc) is 3.19. The smallest absolute Gasteiger partial charge is 0.251 e. The number of carbonyl (C=O) groups is 1. The minimum absolute atomic E-state index is 0. The molecular weight excluding hydrogens is 519 g/mol. The quantitative estimate of drug-likeness (QED) is 0.142. The molecule has 3 N–H and O–H groups in total. The fourth-order valence-corrected chi connectivity index (χ4v) is 4.15. The summed E-state index contributed by atoms with van der Waals surface area (Å²) in [6.45, 7) is 3.37. The molecule has 1 heterocycles. The Kier molecular flexibility index (Phi) is 13.0. The third-order valence-corrected chi connectivity index (χ3v) is 5.94. The molecule has 32 heavy (non-hydrogen) atoms. The second-order valence-corrected chi connectivity index (χ2v) is 8.38. The molecule has 7 nitrogen and oxygen atoms in total. The normalized spacial score (nSPS) is 19.7. The van der Waals surface area contributed by atoms with E-state index in [0.717, 1.165) is 37.5 Å². The molecule has 1 atom stereocenters. The number of hydrogen-bond donors (Lipinski definition) is 3. The molecule has 0 bridgehead atoms. The maximum atomic E-state index is 12.4. The monoisotopic (exact) mass is 558 g/mol. The summed E-state index contributed by atoms with van der Waals surface area (Å²) in [6.07, 6.45) is 10.3. The summed E-state index contributed by atoms with van der Waals surface area (Å²) in [5.41, 5.74) is 1.69. The predicted octanol–water partition coefficient (Wildman–Crippen LogP) is 3.62. The molecule has 8 heteroatoms. The van der Waals surface area contributed by atoms with E-state index in [1.54, 1.807) is 7.05 Å². The Morgan fingerprint density at radius 2 is 1.91 bits per heavy atom. The van der Waals surface area contributed by atoms with E-state index in [-0.39, 0.29) is 36.0 Å². The van der Waals surface area contributed by atoms with Gasteiger partial charge in [0.25, 0.3) is 5.91 Å². The zero-order chi connectivity index (χ0) is 21.7. The molecule has 0 radical (unpaired) electrons. The van der Waals surface area contributed by atoms with Crippen molar-refractivity contribution in [3.63, 3.8) is 0 Å². The number of ether oxygens (including phenoxy) is 2. The molecule has 1 aromatic rings. The van der Waals surface area contributed by atoms with Crippen molar-refractivity contribution in [1.82, 2.24) is 16.0 Å². The number of benzene rings is 1. The van der Waals surface area contributed by atoms with Crippen molar-refractivity contribution in [1.29, 1.82) is 0 Å². The molecule has 1 unspecified atom stereocenters. The van der Waals surface area contributed by atoms with Crippen molar-refractivity contribution >= 4 is 35.8 Å². The van der Waals surface area contributed by atoms with Crippen molar-refractivity contribution in [2.75, 3.05) is 33.4 Å². The standard InChI is InChI=1S/C24H38N4O3.HI/c1-25-24(26-13-15-31-21-10-4-2-3-5-11-21)28-17-19-8-6-9-20(16-19)23(29)27-18-22-12-7-14-30-22;/h6,8-9,16,21-22H,2-5,7,10-15,17-18H2,1H3,(H,27,29)(H2,25,26,28);1H. The predicted molar refractivity (Wildman–Crippen MR) is 139 cm³/mol. The minimum Gasteiger partial charge on any atom is -0.376 e. The Hall–Kier alpha value is -1.39. The van der Waals surface area contributed by atoms with E-state index < -0.39 is 0 Å². The zero-order valence-electron chi connectivity index (χ0n) is 19.2. The van der Waals surface area contributed by atoms with Crippen LogP contribution in [0.5, 0.6) is 0 Å². The molecule has 3 rings (SSSR count). The van der Waals surface area contributed by atoms with Gasteiger partial charge in [0.05, 0.1) is 18.8 Å². The summed E-state index contributed by atoms with van der Waals surface area (Å²) in [5.74, 6) is 0.674. The van der Waals surface area contributed by atoms with Gasteiger partial charge >= 0.3 is 0 Å². The van der Waals surface area contributed by atoms with Gasteiger partial charge in [0.15, 0.2) is 5.96 Å². The first-order valence-electron chi connectivity index (χ1n) is 11.8. The van der Waals surface area contributed by atoms with Crippen molar-refractivity contribution in [2.24, 2.45) is 4.99 Å². The molecule has 1 aliphatic carbocycles. The van der Waals surface area contributed by atoms with Crippen molar-refractivity contribution < 1.29 is 14.3 Å². The SMILES string of the molecule is CN=C(NCCOC1CCCCCC1)NCc1cccc(C(=O)NCC2CCCO2)c1.I. The summed E-state index contributed by atoms with van der Waals surface area (Å²) in [7, 11) is 1.76. The van der Waals surface area contributed by atoms with E-state index in [9.17, 15) is 4.79 Å². The van der Waals surface area contributed by atoms with Crippen LogP contribution in [0.2, 0.25) is 0 Å². The van der Waals surface area contributed by atoms with Gasteiger partial charge in [-0.05, 0) is 43.4 Å². The number of nitrogens with zero attached hydrogens (tertiary/aromatic N) is 1. The van der Waals surface area contributed by atoms with Crippen molar-refractivity contribution in [3.05, 3.63) is 35.4 Å². The maximum Gasteiger partial charge on any atom is 0.251 e. The van der Waals surface area contributed by atoms with Gasteiger partial charge in [0.1, 0.15) is 0 Å². The van der Waals surface area contributed by atoms with E-state index >= 15 is 0 Å². The Morgan fingerprint density at radius 3 is 2.62 bits per heavy atom. The van der Waals surface area contributed by atoms with Gasteiger partial charge in [0, 0.05) is 38.9 Å². The number of carbonyl (C=O) groups excluding carboxylic acids is 1.